The minimum atomic E-state index is 0.376. The molecule has 2 N–H and O–H groups in total. The van der Waals surface area contributed by atoms with E-state index in [0.29, 0.717) is 12.6 Å². The number of nitrogens with zero attached hydrogens (tertiary/aromatic N) is 2. The maximum absolute atomic E-state index is 5.73. The fraction of sp³-hybridized carbons (Fsp3) is 0.312. The van der Waals surface area contributed by atoms with E-state index in [1.807, 2.05) is 0 Å². The highest BCUT2D eigenvalue weighted by Gasteiger charge is 2.16. The molecule has 0 aliphatic rings. The van der Waals surface area contributed by atoms with Crippen molar-refractivity contribution in [1.82, 2.24) is 9.55 Å². The van der Waals surface area contributed by atoms with Crippen LogP contribution in [0.4, 0.5) is 0 Å². The van der Waals surface area contributed by atoms with E-state index < -0.39 is 0 Å². The number of hydrogen-bond donors (Lipinski definition) is 1. The summed E-state index contributed by atoms with van der Waals surface area (Å²) >= 11 is 1.79. The predicted octanol–water partition coefficient (Wildman–Crippen LogP) is 4.11. The first-order chi connectivity index (χ1) is 9.60. The Kier molecular flexibility index (Phi) is 3.36. The van der Waals surface area contributed by atoms with E-state index in [1.54, 1.807) is 11.3 Å². The van der Waals surface area contributed by atoms with Crippen LogP contribution >= 0.6 is 11.3 Å². The molecule has 0 radical (unpaired) electrons. The van der Waals surface area contributed by atoms with Crippen LogP contribution in [-0.4, -0.2) is 9.55 Å². The van der Waals surface area contributed by atoms with Crippen LogP contribution in [0.1, 0.15) is 30.3 Å². The molecule has 0 unspecified atom stereocenters. The number of benzene rings is 1. The molecule has 0 spiro atoms. The van der Waals surface area contributed by atoms with Gasteiger partial charge in [-0.15, -0.1) is 11.3 Å². The number of aromatic nitrogens is 2. The van der Waals surface area contributed by atoms with Crippen molar-refractivity contribution in [3.8, 4) is 10.7 Å². The first-order valence-corrected chi connectivity index (χ1v) is 7.69. The van der Waals surface area contributed by atoms with Crippen molar-refractivity contribution in [1.29, 1.82) is 0 Å². The van der Waals surface area contributed by atoms with E-state index in [4.69, 9.17) is 10.7 Å². The van der Waals surface area contributed by atoms with Crippen molar-refractivity contribution in [3.05, 3.63) is 40.8 Å². The molecule has 3 aromatic rings. The van der Waals surface area contributed by atoms with Gasteiger partial charge < -0.3 is 10.3 Å². The van der Waals surface area contributed by atoms with E-state index >= 15 is 0 Å². The zero-order chi connectivity index (χ0) is 14.3. The Labute approximate surface area is 123 Å². The van der Waals surface area contributed by atoms with Crippen molar-refractivity contribution < 1.29 is 0 Å². The second kappa shape index (κ2) is 5.04. The molecule has 20 heavy (non-hydrogen) atoms. The molecule has 2 aromatic heterocycles. The van der Waals surface area contributed by atoms with Crippen molar-refractivity contribution >= 4 is 22.4 Å². The Hall–Kier alpha value is -1.65. The molecule has 3 rings (SSSR count). The van der Waals surface area contributed by atoms with Gasteiger partial charge in [0.15, 0.2) is 5.82 Å². The smallest absolute Gasteiger partial charge is 0.151 e. The minimum Gasteiger partial charge on any atom is -0.326 e. The third kappa shape index (κ3) is 2.15. The highest BCUT2D eigenvalue weighted by molar-refractivity contribution is 7.15. The van der Waals surface area contributed by atoms with E-state index in [2.05, 4.69) is 55.7 Å². The Morgan fingerprint density at radius 2 is 2.05 bits per heavy atom. The van der Waals surface area contributed by atoms with Gasteiger partial charge in [-0.3, -0.25) is 0 Å². The maximum Gasteiger partial charge on any atom is 0.151 e. The van der Waals surface area contributed by atoms with Gasteiger partial charge in [0.05, 0.1) is 15.9 Å². The number of thiophene rings is 1. The topological polar surface area (TPSA) is 43.8 Å². The Morgan fingerprint density at radius 3 is 2.65 bits per heavy atom. The van der Waals surface area contributed by atoms with Gasteiger partial charge in [-0.1, -0.05) is 6.07 Å². The predicted molar refractivity (Wildman–Crippen MR) is 86.1 cm³/mol. The van der Waals surface area contributed by atoms with E-state index in [0.717, 1.165) is 16.9 Å². The summed E-state index contributed by atoms with van der Waals surface area (Å²) in [6.07, 6.45) is 0. The third-order valence-corrected chi connectivity index (χ3v) is 4.46. The van der Waals surface area contributed by atoms with Gasteiger partial charge in [0.2, 0.25) is 0 Å². The standard InChI is InChI=1S/C16H19N3S/c1-10(2)19-14-6-5-12(9-17)8-13(14)18-16(19)15-7-4-11(3)20-15/h4-8,10H,9,17H2,1-3H3. The average molecular weight is 285 g/mol. The maximum atomic E-state index is 5.73. The molecule has 4 heteroatoms. The second-order valence-corrected chi connectivity index (χ2v) is 6.62. The lowest BCUT2D eigenvalue weighted by Crippen LogP contribution is -2.02. The van der Waals surface area contributed by atoms with Crippen LogP contribution < -0.4 is 5.73 Å². The van der Waals surface area contributed by atoms with E-state index in [9.17, 15) is 0 Å². The van der Waals surface area contributed by atoms with Crippen LogP contribution in [0.5, 0.6) is 0 Å². The fourth-order valence-electron chi connectivity index (χ4n) is 2.52. The summed E-state index contributed by atoms with van der Waals surface area (Å²) in [5.74, 6) is 1.06. The van der Waals surface area contributed by atoms with Gasteiger partial charge in [0.1, 0.15) is 0 Å². The monoisotopic (exact) mass is 285 g/mol. The van der Waals surface area contributed by atoms with Crippen molar-refractivity contribution in [3.63, 3.8) is 0 Å². The number of fused-ring (bicyclic) bond motifs is 1. The van der Waals surface area contributed by atoms with Gasteiger partial charge in [0.25, 0.3) is 0 Å². The van der Waals surface area contributed by atoms with Gasteiger partial charge >= 0.3 is 0 Å². The molecule has 0 atom stereocenters. The molecule has 0 fully saturated rings. The minimum absolute atomic E-state index is 0.376. The highest BCUT2D eigenvalue weighted by Crippen LogP contribution is 2.32. The summed E-state index contributed by atoms with van der Waals surface area (Å²) < 4.78 is 2.31. The molecule has 0 bridgehead atoms. The van der Waals surface area contributed by atoms with Crippen LogP contribution in [0.2, 0.25) is 0 Å². The molecular formula is C16H19N3S. The summed E-state index contributed by atoms with van der Waals surface area (Å²) in [5, 5.41) is 0. The molecule has 104 valence electrons. The lowest BCUT2D eigenvalue weighted by molar-refractivity contribution is 0.625. The van der Waals surface area contributed by atoms with Crippen LogP contribution in [0.25, 0.3) is 21.7 Å². The second-order valence-electron chi connectivity index (χ2n) is 5.34. The molecule has 0 saturated heterocycles. The fourth-order valence-corrected chi connectivity index (χ4v) is 3.38. The number of imidazole rings is 1. The number of aryl methyl sites for hydroxylation is 1. The van der Waals surface area contributed by atoms with Crippen LogP contribution in [-0.2, 0) is 6.54 Å². The van der Waals surface area contributed by atoms with E-state index in [-0.39, 0.29) is 0 Å². The summed E-state index contributed by atoms with van der Waals surface area (Å²) in [4.78, 5) is 7.38. The molecule has 0 aliphatic heterocycles. The SMILES string of the molecule is Cc1ccc(-c2nc3cc(CN)ccc3n2C(C)C)s1. The van der Waals surface area contributed by atoms with Crippen molar-refractivity contribution in [2.75, 3.05) is 0 Å². The van der Waals surface area contributed by atoms with Crippen LogP contribution in [0.3, 0.4) is 0 Å². The number of nitrogens with two attached hydrogens (primary N) is 1. The third-order valence-electron chi connectivity index (χ3n) is 3.47. The summed E-state index contributed by atoms with van der Waals surface area (Å²) in [7, 11) is 0. The van der Waals surface area contributed by atoms with Gasteiger partial charge in [-0.25, -0.2) is 4.98 Å². The van der Waals surface area contributed by atoms with Crippen molar-refractivity contribution in [2.45, 2.75) is 33.4 Å². The molecular weight excluding hydrogens is 266 g/mol. The normalized spacial score (nSPS) is 11.7. The van der Waals surface area contributed by atoms with Crippen LogP contribution in [0, 0.1) is 6.92 Å². The van der Waals surface area contributed by atoms with Gasteiger partial charge in [-0.05, 0) is 50.6 Å². The molecule has 1 aromatic carbocycles. The number of rotatable bonds is 3. The highest BCUT2D eigenvalue weighted by atomic mass is 32.1. The first-order valence-electron chi connectivity index (χ1n) is 6.88. The summed E-state index contributed by atoms with van der Waals surface area (Å²) in [5.41, 5.74) is 9.06. The molecule has 0 saturated carbocycles. The summed E-state index contributed by atoms with van der Waals surface area (Å²) in [6, 6.07) is 11.0. The Morgan fingerprint density at radius 1 is 1.25 bits per heavy atom. The molecule has 3 nitrogen and oxygen atoms in total. The first kappa shape index (κ1) is 13.3. The molecule has 2 heterocycles. The van der Waals surface area contributed by atoms with E-state index in [1.165, 1.54) is 15.3 Å². The largest absolute Gasteiger partial charge is 0.326 e. The quantitative estimate of drug-likeness (QED) is 0.787. The molecule has 0 amide bonds. The van der Waals surface area contributed by atoms with Crippen molar-refractivity contribution in [2.24, 2.45) is 5.73 Å². The zero-order valence-corrected chi connectivity index (χ0v) is 12.9. The lowest BCUT2D eigenvalue weighted by Gasteiger charge is -2.12. The Balaban J connectivity index is 2.27. The Bertz CT molecular complexity index is 752. The van der Waals surface area contributed by atoms with Gasteiger partial charge in [-0.2, -0.15) is 0 Å². The van der Waals surface area contributed by atoms with Crippen LogP contribution in [0.15, 0.2) is 30.3 Å². The lowest BCUT2D eigenvalue weighted by atomic mass is 10.2. The van der Waals surface area contributed by atoms with Gasteiger partial charge in [0, 0.05) is 17.5 Å². The average Bonchev–Trinajstić information content (AvgIpc) is 3.00. The number of hydrogen-bond acceptors (Lipinski definition) is 3. The summed E-state index contributed by atoms with van der Waals surface area (Å²) in [6.45, 7) is 7.07. The zero-order valence-electron chi connectivity index (χ0n) is 12.1. The molecule has 0 aliphatic carbocycles.